The summed E-state index contributed by atoms with van der Waals surface area (Å²) < 4.78 is 1.61. The number of aliphatic hydroxyl groups is 1. The van der Waals surface area contributed by atoms with Gasteiger partial charge in [0.1, 0.15) is 0 Å². The van der Waals surface area contributed by atoms with Crippen molar-refractivity contribution in [1.29, 1.82) is 0 Å². The molecule has 6 nitrogen and oxygen atoms in total. The molecule has 108 valence electrons. The van der Waals surface area contributed by atoms with Gasteiger partial charge in [0.15, 0.2) is 5.16 Å². The Morgan fingerprint density at radius 3 is 2.85 bits per heavy atom. The molecule has 20 heavy (non-hydrogen) atoms. The topological polar surface area (TPSA) is 83.8 Å². The first-order chi connectivity index (χ1) is 9.65. The van der Waals surface area contributed by atoms with Crippen molar-refractivity contribution in [3.63, 3.8) is 0 Å². The lowest BCUT2D eigenvalue weighted by Gasteiger charge is -2.07. The lowest BCUT2D eigenvalue weighted by Crippen LogP contribution is -2.17. The average Bonchev–Trinajstić information content (AvgIpc) is 2.81. The molecule has 0 bridgehead atoms. The van der Waals surface area contributed by atoms with E-state index in [1.54, 1.807) is 16.8 Å². The van der Waals surface area contributed by atoms with Crippen molar-refractivity contribution in [2.75, 3.05) is 0 Å². The van der Waals surface area contributed by atoms with Crippen molar-refractivity contribution in [3.05, 3.63) is 34.5 Å². The summed E-state index contributed by atoms with van der Waals surface area (Å²) in [6.07, 6.45) is 2.66. The van der Waals surface area contributed by atoms with E-state index < -0.39 is 6.10 Å². The molecule has 7 heteroatoms. The predicted molar refractivity (Wildman–Crippen MR) is 76.7 cm³/mol. The van der Waals surface area contributed by atoms with Crippen LogP contribution in [0.1, 0.15) is 38.5 Å². The molecule has 1 unspecified atom stereocenters. The number of aromatic amines is 1. The van der Waals surface area contributed by atoms with Crippen LogP contribution < -0.4 is 5.69 Å². The van der Waals surface area contributed by atoms with E-state index in [9.17, 15) is 9.90 Å². The molecule has 2 rings (SSSR count). The number of aliphatic hydroxyl groups excluding tert-OH is 1. The van der Waals surface area contributed by atoms with Gasteiger partial charge in [-0.05, 0) is 36.7 Å². The molecule has 2 aromatic rings. The van der Waals surface area contributed by atoms with Crippen molar-refractivity contribution >= 4 is 11.8 Å². The molecule has 0 amide bonds. The molecule has 2 aromatic heterocycles. The summed E-state index contributed by atoms with van der Waals surface area (Å²) in [5.74, 6) is 0. The standard InChI is InChI=1S/C13H18N4O2S/c1-3-7-17-12(19)15-16-13(17)20-9-5-6-10(14-8-9)11(18)4-2/h5-6,8,11,18H,3-4,7H2,1-2H3,(H,15,19). The minimum atomic E-state index is -0.530. The molecular formula is C13H18N4O2S. The summed E-state index contributed by atoms with van der Waals surface area (Å²) in [7, 11) is 0. The number of H-pyrrole nitrogens is 1. The first-order valence-corrected chi connectivity index (χ1v) is 7.44. The molecule has 0 aliphatic carbocycles. The van der Waals surface area contributed by atoms with Crippen LogP contribution in [0.25, 0.3) is 0 Å². The number of pyridine rings is 1. The smallest absolute Gasteiger partial charge is 0.343 e. The molecule has 2 N–H and O–H groups in total. The number of rotatable bonds is 6. The zero-order chi connectivity index (χ0) is 14.5. The van der Waals surface area contributed by atoms with Gasteiger partial charge in [0.05, 0.1) is 11.8 Å². The van der Waals surface area contributed by atoms with E-state index in [0.717, 1.165) is 11.3 Å². The quantitative estimate of drug-likeness (QED) is 0.851. The van der Waals surface area contributed by atoms with Gasteiger partial charge < -0.3 is 5.11 Å². The minimum absolute atomic E-state index is 0.194. The third-order valence-corrected chi connectivity index (χ3v) is 3.84. The van der Waals surface area contributed by atoms with Gasteiger partial charge in [-0.1, -0.05) is 13.8 Å². The van der Waals surface area contributed by atoms with Gasteiger partial charge in [-0.2, -0.15) is 0 Å². The summed E-state index contributed by atoms with van der Waals surface area (Å²) in [6, 6.07) is 3.67. The predicted octanol–water partition coefficient (Wildman–Crippen LogP) is 1.97. The molecule has 0 saturated heterocycles. The van der Waals surface area contributed by atoms with Gasteiger partial charge in [-0.25, -0.2) is 9.89 Å². The van der Waals surface area contributed by atoms with Gasteiger partial charge in [0, 0.05) is 17.6 Å². The SMILES string of the molecule is CCCn1c(Sc2ccc(C(O)CC)nc2)n[nH]c1=O. The van der Waals surface area contributed by atoms with Crippen LogP contribution >= 0.6 is 11.8 Å². The molecule has 0 aliphatic heterocycles. The Bertz CT molecular complexity index is 606. The third kappa shape index (κ3) is 3.29. The summed E-state index contributed by atoms with van der Waals surface area (Å²) in [5.41, 5.74) is 0.463. The van der Waals surface area contributed by atoms with E-state index in [0.29, 0.717) is 23.8 Å². The third-order valence-electron chi connectivity index (χ3n) is 2.87. The van der Waals surface area contributed by atoms with Crippen LogP contribution in [0, 0.1) is 0 Å². The molecule has 2 heterocycles. The summed E-state index contributed by atoms with van der Waals surface area (Å²) in [6.45, 7) is 4.55. The highest BCUT2D eigenvalue weighted by molar-refractivity contribution is 7.99. The zero-order valence-electron chi connectivity index (χ0n) is 11.5. The second-order valence-corrected chi connectivity index (χ2v) is 5.45. The molecule has 0 fully saturated rings. The van der Waals surface area contributed by atoms with Crippen molar-refractivity contribution in [3.8, 4) is 0 Å². The van der Waals surface area contributed by atoms with Crippen LogP contribution in [-0.2, 0) is 6.54 Å². The van der Waals surface area contributed by atoms with Crippen molar-refractivity contribution < 1.29 is 5.11 Å². The molecule has 0 radical (unpaired) electrons. The molecule has 0 saturated carbocycles. The van der Waals surface area contributed by atoms with Gasteiger partial charge in [-0.3, -0.25) is 9.55 Å². The van der Waals surface area contributed by atoms with E-state index in [-0.39, 0.29) is 5.69 Å². The van der Waals surface area contributed by atoms with Crippen LogP contribution in [-0.4, -0.2) is 24.9 Å². The first-order valence-electron chi connectivity index (χ1n) is 6.62. The lowest BCUT2D eigenvalue weighted by atomic mass is 10.2. The van der Waals surface area contributed by atoms with Gasteiger partial charge in [-0.15, -0.1) is 5.10 Å². The Morgan fingerprint density at radius 1 is 1.45 bits per heavy atom. The van der Waals surface area contributed by atoms with Crippen LogP contribution in [0.2, 0.25) is 0 Å². The summed E-state index contributed by atoms with van der Waals surface area (Å²) >= 11 is 1.38. The number of aromatic nitrogens is 4. The van der Waals surface area contributed by atoms with E-state index in [4.69, 9.17) is 0 Å². The molecule has 0 aliphatic rings. The number of nitrogens with one attached hydrogen (secondary N) is 1. The Kier molecular flexibility index (Phi) is 4.97. The number of hydrogen-bond donors (Lipinski definition) is 2. The Morgan fingerprint density at radius 2 is 2.25 bits per heavy atom. The van der Waals surface area contributed by atoms with Gasteiger partial charge in [0.25, 0.3) is 0 Å². The second kappa shape index (κ2) is 6.71. The average molecular weight is 294 g/mol. The highest BCUT2D eigenvalue weighted by Crippen LogP contribution is 2.25. The monoisotopic (exact) mass is 294 g/mol. The fourth-order valence-electron chi connectivity index (χ4n) is 1.77. The zero-order valence-corrected chi connectivity index (χ0v) is 12.4. The van der Waals surface area contributed by atoms with Gasteiger partial charge >= 0.3 is 5.69 Å². The first kappa shape index (κ1) is 14.8. The summed E-state index contributed by atoms with van der Waals surface area (Å²) in [4.78, 5) is 16.7. The number of hydrogen-bond acceptors (Lipinski definition) is 5. The Balaban J connectivity index is 2.16. The lowest BCUT2D eigenvalue weighted by molar-refractivity contribution is 0.169. The molecule has 0 aromatic carbocycles. The largest absolute Gasteiger partial charge is 0.387 e. The van der Waals surface area contributed by atoms with Crippen LogP contribution in [0.4, 0.5) is 0 Å². The van der Waals surface area contributed by atoms with Crippen molar-refractivity contribution in [2.45, 2.75) is 49.4 Å². The summed E-state index contributed by atoms with van der Waals surface area (Å²) in [5, 5.41) is 16.8. The Labute approximate surface area is 121 Å². The highest BCUT2D eigenvalue weighted by atomic mass is 32.2. The van der Waals surface area contributed by atoms with E-state index in [2.05, 4.69) is 15.2 Å². The van der Waals surface area contributed by atoms with Crippen LogP contribution in [0.15, 0.2) is 33.2 Å². The van der Waals surface area contributed by atoms with Gasteiger partial charge in [0.2, 0.25) is 0 Å². The number of nitrogens with zero attached hydrogens (tertiary/aromatic N) is 3. The second-order valence-electron chi connectivity index (χ2n) is 4.41. The maximum atomic E-state index is 11.6. The maximum Gasteiger partial charge on any atom is 0.343 e. The Hall–Kier alpha value is -1.60. The van der Waals surface area contributed by atoms with E-state index in [1.807, 2.05) is 19.9 Å². The van der Waals surface area contributed by atoms with E-state index >= 15 is 0 Å². The van der Waals surface area contributed by atoms with Crippen molar-refractivity contribution in [1.82, 2.24) is 19.7 Å². The molecule has 0 spiro atoms. The van der Waals surface area contributed by atoms with Crippen molar-refractivity contribution in [2.24, 2.45) is 0 Å². The molecule has 1 atom stereocenters. The van der Waals surface area contributed by atoms with Crippen LogP contribution in [0.5, 0.6) is 0 Å². The maximum absolute atomic E-state index is 11.6. The normalized spacial score (nSPS) is 12.6. The molecular weight excluding hydrogens is 276 g/mol. The van der Waals surface area contributed by atoms with Crippen LogP contribution in [0.3, 0.4) is 0 Å². The fraction of sp³-hybridized carbons (Fsp3) is 0.462. The minimum Gasteiger partial charge on any atom is -0.387 e. The highest BCUT2D eigenvalue weighted by Gasteiger charge is 2.11. The van der Waals surface area contributed by atoms with E-state index in [1.165, 1.54) is 11.8 Å². The fourth-order valence-corrected chi connectivity index (χ4v) is 2.59.